The second-order valence-corrected chi connectivity index (χ2v) is 8.77. The standard InChI is InChI=1S/C17H25N/c18-13-5-9-4-10(13)17-12-6-11(16(9)17)14-7-1-2-8(3-7)15(12)14/h7-17H,1-6,18H2. The molecule has 2 N–H and O–H groups in total. The van der Waals surface area contributed by atoms with Crippen molar-refractivity contribution >= 4 is 0 Å². The van der Waals surface area contributed by atoms with Crippen LogP contribution in [0.3, 0.4) is 0 Å². The summed E-state index contributed by atoms with van der Waals surface area (Å²) in [5, 5.41) is 0. The van der Waals surface area contributed by atoms with Gasteiger partial charge in [0.25, 0.3) is 0 Å². The van der Waals surface area contributed by atoms with Gasteiger partial charge < -0.3 is 5.73 Å². The minimum atomic E-state index is 0.590. The van der Waals surface area contributed by atoms with E-state index in [1.54, 1.807) is 25.7 Å². The van der Waals surface area contributed by atoms with E-state index in [4.69, 9.17) is 5.73 Å². The minimum Gasteiger partial charge on any atom is -0.327 e. The second-order valence-electron chi connectivity index (χ2n) is 8.77. The maximum Gasteiger partial charge on any atom is 0.00728 e. The van der Waals surface area contributed by atoms with Crippen LogP contribution >= 0.6 is 0 Å². The number of hydrogen-bond acceptors (Lipinski definition) is 1. The Labute approximate surface area is 110 Å². The Kier molecular flexibility index (Phi) is 1.55. The van der Waals surface area contributed by atoms with E-state index in [1.807, 2.05) is 0 Å². The van der Waals surface area contributed by atoms with Gasteiger partial charge in [0.2, 0.25) is 0 Å². The molecule has 11 unspecified atom stereocenters. The Morgan fingerprint density at radius 2 is 1.22 bits per heavy atom. The molecule has 6 rings (SSSR count). The molecular formula is C17H25N. The molecule has 11 atom stereocenters. The predicted molar refractivity (Wildman–Crippen MR) is 70.6 cm³/mol. The molecule has 6 fully saturated rings. The fraction of sp³-hybridized carbons (Fsp3) is 1.00. The summed E-state index contributed by atoms with van der Waals surface area (Å²) in [6, 6.07) is 0.590. The summed E-state index contributed by atoms with van der Waals surface area (Å²) in [4.78, 5) is 0. The Bertz CT molecular complexity index is 418. The lowest BCUT2D eigenvalue weighted by atomic mass is 9.59. The number of rotatable bonds is 0. The zero-order chi connectivity index (χ0) is 11.6. The van der Waals surface area contributed by atoms with E-state index < -0.39 is 0 Å². The second kappa shape index (κ2) is 2.85. The van der Waals surface area contributed by atoms with Crippen molar-refractivity contribution in [1.29, 1.82) is 0 Å². The summed E-state index contributed by atoms with van der Waals surface area (Å²) in [7, 11) is 0. The van der Waals surface area contributed by atoms with Crippen molar-refractivity contribution in [2.45, 2.75) is 44.6 Å². The number of nitrogens with two attached hydrogens (primary N) is 1. The molecule has 0 spiro atoms. The zero-order valence-electron chi connectivity index (χ0n) is 11.2. The first-order valence-corrected chi connectivity index (χ1v) is 8.58. The van der Waals surface area contributed by atoms with Crippen molar-refractivity contribution in [3.05, 3.63) is 0 Å². The van der Waals surface area contributed by atoms with Crippen molar-refractivity contribution < 1.29 is 0 Å². The van der Waals surface area contributed by atoms with Crippen molar-refractivity contribution in [1.82, 2.24) is 0 Å². The van der Waals surface area contributed by atoms with Gasteiger partial charge >= 0.3 is 0 Å². The van der Waals surface area contributed by atoms with Crippen molar-refractivity contribution in [2.24, 2.45) is 64.9 Å². The van der Waals surface area contributed by atoms with Crippen molar-refractivity contribution in [3.8, 4) is 0 Å². The van der Waals surface area contributed by atoms with Crippen LogP contribution in [0.2, 0.25) is 0 Å². The van der Waals surface area contributed by atoms with Crippen LogP contribution in [0.4, 0.5) is 0 Å². The Morgan fingerprint density at radius 3 is 2.00 bits per heavy atom. The molecule has 6 aliphatic carbocycles. The van der Waals surface area contributed by atoms with Crippen LogP contribution in [-0.2, 0) is 0 Å². The third kappa shape index (κ3) is 0.846. The van der Waals surface area contributed by atoms with Crippen LogP contribution in [-0.4, -0.2) is 6.04 Å². The molecule has 0 heterocycles. The van der Waals surface area contributed by atoms with E-state index >= 15 is 0 Å². The lowest BCUT2D eigenvalue weighted by Gasteiger charge is -2.46. The summed E-state index contributed by atoms with van der Waals surface area (Å²) < 4.78 is 0. The van der Waals surface area contributed by atoms with Crippen LogP contribution in [0.25, 0.3) is 0 Å². The first kappa shape index (κ1) is 9.80. The van der Waals surface area contributed by atoms with Crippen molar-refractivity contribution in [2.75, 3.05) is 0 Å². The predicted octanol–water partition coefficient (Wildman–Crippen LogP) is 2.90. The highest BCUT2D eigenvalue weighted by molar-refractivity contribution is 5.19. The van der Waals surface area contributed by atoms with E-state index in [1.165, 1.54) is 36.5 Å². The highest BCUT2D eigenvalue weighted by Gasteiger charge is 2.71. The van der Waals surface area contributed by atoms with Gasteiger partial charge in [0.15, 0.2) is 0 Å². The molecular weight excluding hydrogens is 218 g/mol. The molecule has 0 saturated heterocycles. The lowest BCUT2D eigenvalue weighted by Crippen LogP contribution is -2.45. The van der Waals surface area contributed by atoms with Gasteiger partial charge in [-0.05, 0) is 97.7 Å². The molecule has 6 aliphatic rings. The topological polar surface area (TPSA) is 26.0 Å². The van der Waals surface area contributed by atoms with E-state index in [-0.39, 0.29) is 0 Å². The van der Waals surface area contributed by atoms with Gasteiger partial charge in [-0.2, -0.15) is 0 Å². The molecule has 0 aromatic carbocycles. The summed E-state index contributed by atoms with van der Waals surface area (Å²) in [5.41, 5.74) is 6.42. The largest absolute Gasteiger partial charge is 0.327 e. The molecule has 98 valence electrons. The monoisotopic (exact) mass is 243 g/mol. The van der Waals surface area contributed by atoms with E-state index in [0.717, 1.165) is 35.5 Å². The fourth-order valence-electron chi connectivity index (χ4n) is 8.85. The fourth-order valence-corrected chi connectivity index (χ4v) is 8.85. The Morgan fingerprint density at radius 1 is 0.556 bits per heavy atom. The highest BCUT2D eigenvalue weighted by Crippen LogP contribution is 2.76. The van der Waals surface area contributed by atoms with Gasteiger partial charge in [-0.15, -0.1) is 0 Å². The molecule has 0 aromatic heterocycles. The Balaban J connectivity index is 1.45. The summed E-state index contributed by atoms with van der Waals surface area (Å²) >= 11 is 0. The minimum absolute atomic E-state index is 0.590. The maximum absolute atomic E-state index is 6.42. The summed E-state index contributed by atoms with van der Waals surface area (Å²) in [6.07, 6.45) is 9.37. The van der Waals surface area contributed by atoms with Crippen LogP contribution in [0, 0.1) is 59.2 Å². The van der Waals surface area contributed by atoms with Gasteiger partial charge in [-0.3, -0.25) is 0 Å². The molecule has 0 radical (unpaired) electrons. The first-order valence-electron chi connectivity index (χ1n) is 8.58. The Hall–Kier alpha value is -0.0400. The molecule has 6 saturated carbocycles. The molecule has 18 heavy (non-hydrogen) atoms. The van der Waals surface area contributed by atoms with E-state index in [9.17, 15) is 0 Å². The van der Waals surface area contributed by atoms with Gasteiger partial charge in [0, 0.05) is 6.04 Å². The number of hydrogen-bond donors (Lipinski definition) is 1. The third-order valence-electron chi connectivity index (χ3n) is 8.75. The van der Waals surface area contributed by atoms with Crippen LogP contribution in [0.5, 0.6) is 0 Å². The average molecular weight is 243 g/mol. The smallest absolute Gasteiger partial charge is 0.00728 e. The van der Waals surface area contributed by atoms with Crippen LogP contribution in [0.15, 0.2) is 0 Å². The molecule has 0 aromatic rings. The van der Waals surface area contributed by atoms with Crippen LogP contribution < -0.4 is 5.73 Å². The van der Waals surface area contributed by atoms with Crippen LogP contribution in [0.1, 0.15) is 38.5 Å². The van der Waals surface area contributed by atoms with Gasteiger partial charge in [0.05, 0.1) is 0 Å². The van der Waals surface area contributed by atoms with Crippen molar-refractivity contribution in [3.63, 3.8) is 0 Å². The lowest BCUT2D eigenvalue weighted by molar-refractivity contribution is 0.0211. The highest BCUT2D eigenvalue weighted by atomic mass is 14.8. The maximum atomic E-state index is 6.42. The average Bonchev–Trinajstić information content (AvgIpc) is 3.14. The zero-order valence-corrected chi connectivity index (χ0v) is 11.2. The third-order valence-corrected chi connectivity index (χ3v) is 8.75. The van der Waals surface area contributed by atoms with E-state index in [0.29, 0.717) is 6.04 Å². The molecule has 1 nitrogen and oxygen atoms in total. The number of fused-ring (bicyclic) bond motifs is 16. The van der Waals surface area contributed by atoms with E-state index in [2.05, 4.69) is 0 Å². The first-order chi connectivity index (χ1) is 8.83. The molecule has 0 aliphatic heterocycles. The molecule has 6 bridgehead atoms. The summed E-state index contributed by atoms with van der Waals surface area (Å²) in [5.74, 6) is 11.3. The molecule has 1 heteroatoms. The SMILES string of the molecule is NC1CC2CC1C1C3CC(C4C5CCC(C5)C34)C21. The summed E-state index contributed by atoms with van der Waals surface area (Å²) in [6.45, 7) is 0. The quantitative estimate of drug-likeness (QED) is 0.650. The normalized spacial score (nSPS) is 74.2. The van der Waals surface area contributed by atoms with Gasteiger partial charge in [-0.25, -0.2) is 0 Å². The molecule has 0 amide bonds. The van der Waals surface area contributed by atoms with Gasteiger partial charge in [-0.1, -0.05) is 0 Å². The van der Waals surface area contributed by atoms with Gasteiger partial charge in [0.1, 0.15) is 0 Å².